The Kier molecular flexibility index (Phi) is 6.77. The SMILES string of the molecule is COCCOCCNC1CCN(c2ccncc2)CC1. The Morgan fingerprint density at radius 2 is 1.95 bits per heavy atom. The Morgan fingerprint density at radius 3 is 2.65 bits per heavy atom. The van der Waals surface area contributed by atoms with Crippen LogP contribution >= 0.6 is 0 Å². The topological polar surface area (TPSA) is 46.6 Å². The molecule has 5 heteroatoms. The predicted molar refractivity (Wildman–Crippen MR) is 80.2 cm³/mol. The number of ether oxygens (including phenoxy) is 2. The number of anilines is 1. The average molecular weight is 279 g/mol. The van der Waals surface area contributed by atoms with Gasteiger partial charge in [-0.15, -0.1) is 0 Å². The van der Waals surface area contributed by atoms with Crippen molar-refractivity contribution in [2.24, 2.45) is 0 Å². The Morgan fingerprint density at radius 1 is 1.20 bits per heavy atom. The molecule has 1 saturated heterocycles. The van der Waals surface area contributed by atoms with E-state index in [-0.39, 0.29) is 0 Å². The number of pyridine rings is 1. The van der Waals surface area contributed by atoms with Gasteiger partial charge in [-0.25, -0.2) is 0 Å². The van der Waals surface area contributed by atoms with Crippen molar-refractivity contribution in [3.8, 4) is 0 Å². The summed E-state index contributed by atoms with van der Waals surface area (Å²) in [7, 11) is 1.69. The maximum atomic E-state index is 5.45. The highest BCUT2D eigenvalue weighted by molar-refractivity contribution is 5.44. The Balaban J connectivity index is 1.58. The molecule has 0 aromatic carbocycles. The van der Waals surface area contributed by atoms with Gasteiger partial charge in [-0.1, -0.05) is 0 Å². The van der Waals surface area contributed by atoms with Gasteiger partial charge in [0.25, 0.3) is 0 Å². The normalized spacial score (nSPS) is 16.6. The number of nitrogens with one attached hydrogen (secondary N) is 1. The number of hydrogen-bond acceptors (Lipinski definition) is 5. The first kappa shape index (κ1) is 15.2. The van der Waals surface area contributed by atoms with Gasteiger partial charge < -0.3 is 19.7 Å². The molecule has 0 unspecified atom stereocenters. The van der Waals surface area contributed by atoms with Crippen molar-refractivity contribution in [1.29, 1.82) is 0 Å². The van der Waals surface area contributed by atoms with Crippen LogP contribution in [-0.4, -0.2) is 57.6 Å². The van der Waals surface area contributed by atoms with E-state index in [4.69, 9.17) is 9.47 Å². The molecule has 0 bridgehead atoms. The second-order valence-corrected chi connectivity index (χ2v) is 5.03. The third kappa shape index (κ3) is 5.07. The summed E-state index contributed by atoms with van der Waals surface area (Å²) >= 11 is 0. The first-order valence-electron chi connectivity index (χ1n) is 7.35. The maximum Gasteiger partial charge on any atom is 0.0700 e. The van der Waals surface area contributed by atoms with Gasteiger partial charge in [0.15, 0.2) is 0 Å². The number of methoxy groups -OCH3 is 1. The molecule has 2 rings (SSSR count). The molecule has 0 spiro atoms. The van der Waals surface area contributed by atoms with Crippen LogP contribution in [0.2, 0.25) is 0 Å². The van der Waals surface area contributed by atoms with Crippen molar-refractivity contribution in [2.75, 3.05) is 51.5 Å². The Hall–Kier alpha value is -1.17. The van der Waals surface area contributed by atoms with Gasteiger partial charge in [0, 0.05) is 50.9 Å². The molecule has 0 saturated carbocycles. The molecule has 1 fully saturated rings. The molecule has 20 heavy (non-hydrogen) atoms. The van der Waals surface area contributed by atoms with Gasteiger partial charge in [0.05, 0.1) is 19.8 Å². The van der Waals surface area contributed by atoms with Crippen molar-refractivity contribution in [1.82, 2.24) is 10.3 Å². The number of piperidine rings is 1. The molecule has 1 N–H and O–H groups in total. The van der Waals surface area contributed by atoms with E-state index in [2.05, 4.69) is 27.3 Å². The largest absolute Gasteiger partial charge is 0.382 e. The molecule has 1 aromatic rings. The lowest BCUT2D eigenvalue weighted by molar-refractivity contribution is 0.0707. The number of nitrogens with zero attached hydrogens (tertiary/aromatic N) is 2. The summed E-state index contributed by atoms with van der Waals surface area (Å²) in [6.45, 7) is 5.24. The zero-order valence-electron chi connectivity index (χ0n) is 12.3. The fourth-order valence-corrected chi connectivity index (χ4v) is 2.48. The standard InChI is InChI=1S/C15H25N3O2/c1-19-12-13-20-11-8-17-14-4-9-18(10-5-14)15-2-6-16-7-3-15/h2-3,6-7,14,17H,4-5,8-13H2,1H3. The summed E-state index contributed by atoms with van der Waals surface area (Å²) in [5.74, 6) is 0. The summed E-state index contributed by atoms with van der Waals surface area (Å²) in [6, 6.07) is 4.77. The highest BCUT2D eigenvalue weighted by atomic mass is 16.5. The van der Waals surface area contributed by atoms with Crippen LogP contribution in [0.4, 0.5) is 5.69 Å². The number of aromatic nitrogens is 1. The van der Waals surface area contributed by atoms with E-state index in [9.17, 15) is 0 Å². The van der Waals surface area contributed by atoms with Gasteiger partial charge in [0.2, 0.25) is 0 Å². The molecule has 0 atom stereocenters. The minimum Gasteiger partial charge on any atom is -0.382 e. The number of hydrogen-bond donors (Lipinski definition) is 1. The highest BCUT2D eigenvalue weighted by Crippen LogP contribution is 2.18. The van der Waals surface area contributed by atoms with Crippen molar-refractivity contribution >= 4 is 5.69 Å². The molecule has 1 aromatic heterocycles. The van der Waals surface area contributed by atoms with E-state index in [1.807, 2.05) is 12.4 Å². The molecule has 112 valence electrons. The van der Waals surface area contributed by atoms with Crippen LogP contribution in [0.3, 0.4) is 0 Å². The minimum absolute atomic E-state index is 0.610. The summed E-state index contributed by atoms with van der Waals surface area (Å²) in [6.07, 6.45) is 6.08. The molecular formula is C15H25N3O2. The van der Waals surface area contributed by atoms with E-state index < -0.39 is 0 Å². The molecule has 2 heterocycles. The van der Waals surface area contributed by atoms with Gasteiger partial charge in [-0.05, 0) is 25.0 Å². The minimum atomic E-state index is 0.610. The second kappa shape index (κ2) is 8.89. The molecule has 1 aliphatic rings. The van der Waals surface area contributed by atoms with E-state index in [1.165, 1.54) is 18.5 Å². The zero-order valence-corrected chi connectivity index (χ0v) is 12.3. The molecule has 1 aliphatic heterocycles. The third-order valence-corrected chi connectivity index (χ3v) is 3.63. The Bertz CT molecular complexity index is 353. The summed E-state index contributed by atoms with van der Waals surface area (Å²) in [5.41, 5.74) is 1.28. The summed E-state index contributed by atoms with van der Waals surface area (Å²) < 4.78 is 10.4. The third-order valence-electron chi connectivity index (χ3n) is 3.63. The van der Waals surface area contributed by atoms with E-state index >= 15 is 0 Å². The first-order valence-corrected chi connectivity index (χ1v) is 7.35. The summed E-state index contributed by atoms with van der Waals surface area (Å²) in [5, 5.41) is 3.57. The van der Waals surface area contributed by atoms with Gasteiger partial charge >= 0.3 is 0 Å². The molecule has 0 radical (unpaired) electrons. The average Bonchev–Trinajstić information content (AvgIpc) is 2.52. The lowest BCUT2D eigenvalue weighted by Crippen LogP contribution is -2.43. The van der Waals surface area contributed by atoms with Crippen LogP contribution < -0.4 is 10.2 Å². The van der Waals surface area contributed by atoms with Crippen LogP contribution in [0.25, 0.3) is 0 Å². The lowest BCUT2D eigenvalue weighted by Gasteiger charge is -2.34. The van der Waals surface area contributed by atoms with E-state index in [1.54, 1.807) is 7.11 Å². The van der Waals surface area contributed by atoms with Crippen molar-refractivity contribution in [2.45, 2.75) is 18.9 Å². The van der Waals surface area contributed by atoms with E-state index in [0.717, 1.165) is 26.2 Å². The fourth-order valence-electron chi connectivity index (χ4n) is 2.48. The maximum absolute atomic E-state index is 5.45. The van der Waals surface area contributed by atoms with Crippen LogP contribution in [0.15, 0.2) is 24.5 Å². The van der Waals surface area contributed by atoms with Crippen LogP contribution in [-0.2, 0) is 9.47 Å². The van der Waals surface area contributed by atoms with Crippen LogP contribution in [0.1, 0.15) is 12.8 Å². The Labute approximate surface area is 121 Å². The second-order valence-electron chi connectivity index (χ2n) is 5.03. The molecule has 5 nitrogen and oxygen atoms in total. The quantitative estimate of drug-likeness (QED) is 0.727. The van der Waals surface area contributed by atoms with Crippen LogP contribution in [0, 0.1) is 0 Å². The highest BCUT2D eigenvalue weighted by Gasteiger charge is 2.18. The lowest BCUT2D eigenvalue weighted by atomic mass is 10.0. The first-order chi connectivity index (χ1) is 9.90. The number of rotatable bonds is 8. The molecule has 0 aliphatic carbocycles. The smallest absolute Gasteiger partial charge is 0.0700 e. The van der Waals surface area contributed by atoms with E-state index in [0.29, 0.717) is 19.3 Å². The summed E-state index contributed by atoms with van der Waals surface area (Å²) in [4.78, 5) is 6.49. The fraction of sp³-hybridized carbons (Fsp3) is 0.667. The van der Waals surface area contributed by atoms with Gasteiger partial charge in [0.1, 0.15) is 0 Å². The van der Waals surface area contributed by atoms with Crippen LogP contribution in [0.5, 0.6) is 0 Å². The van der Waals surface area contributed by atoms with Crippen molar-refractivity contribution < 1.29 is 9.47 Å². The van der Waals surface area contributed by atoms with Gasteiger partial charge in [-0.3, -0.25) is 4.98 Å². The van der Waals surface area contributed by atoms with Crippen molar-refractivity contribution in [3.63, 3.8) is 0 Å². The molecular weight excluding hydrogens is 254 g/mol. The van der Waals surface area contributed by atoms with Gasteiger partial charge in [-0.2, -0.15) is 0 Å². The predicted octanol–water partition coefficient (Wildman–Crippen LogP) is 1.30. The zero-order chi connectivity index (χ0) is 14.0. The molecule has 0 amide bonds. The monoisotopic (exact) mass is 279 g/mol. The van der Waals surface area contributed by atoms with Crippen molar-refractivity contribution in [3.05, 3.63) is 24.5 Å².